The minimum atomic E-state index is -1.34. The van der Waals surface area contributed by atoms with Crippen molar-refractivity contribution in [2.45, 2.75) is 90.4 Å². The Bertz CT molecular complexity index is 1900. The second-order valence-corrected chi connectivity index (χ2v) is 15.5. The summed E-state index contributed by atoms with van der Waals surface area (Å²) < 4.78 is 28.9. The van der Waals surface area contributed by atoms with Crippen molar-refractivity contribution in [2.24, 2.45) is 0 Å². The minimum Gasteiger partial charge on any atom is -0.494 e. The molecule has 2 heterocycles. The highest BCUT2D eigenvalue weighted by molar-refractivity contribution is 6.62. The number of hydrogen-bond donors (Lipinski definition) is 3. The number of amides is 2. The van der Waals surface area contributed by atoms with Gasteiger partial charge in [0.1, 0.15) is 18.2 Å². The molecule has 4 aromatic rings. The first-order chi connectivity index (χ1) is 24.4. The second kappa shape index (κ2) is 15.4. The third-order valence-electron chi connectivity index (χ3n) is 9.05. The normalized spacial score (nSPS) is 16.2. The number of aromatic nitrogens is 1. The molecule has 0 radical (unpaired) electrons. The van der Waals surface area contributed by atoms with E-state index in [4.69, 9.17) is 46.7 Å². The number of halogens is 2. The van der Waals surface area contributed by atoms with E-state index in [0.29, 0.717) is 0 Å². The minimum absolute atomic E-state index is 0.0147. The van der Waals surface area contributed by atoms with Gasteiger partial charge in [0.05, 0.1) is 28.4 Å². The Morgan fingerprint density at radius 3 is 2.15 bits per heavy atom. The van der Waals surface area contributed by atoms with Crippen LogP contribution in [0, 0.1) is 0 Å². The molecule has 2 atom stereocenters. The number of methoxy groups -OCH3 is 1. The summed E-state index contributed by atoms with van der Waals surface area (Å²) in [6, 6.07) is 15.3. The van der Waals surface area contributed by atoms with Crippen LogP contribution in [-0.2, 0) is 41.4 Å². The third kappa shape index (κ3) is 9.04. The topological polar surface area (TPSA) is 137 Å². The summed E-state index contributed by atoms with van der Waals surface area (Å²) in [6.07, 6.45) is 0.980. The van der Waals surface area contributed by atoms with Gasteiger partial charge in [-0.2, -0.15) is 0 Å². The lowest BCUT2D eigenvalue weighted by Gasteiger charge is -2.32. The van der Waals surface area contributed by atoms with Gasteiger partial charge in [0, 0.05) is 23.5 Å². The summed E-state index contributed by atoms with van der Waals surface area (Å²) in [6.45, 7) is 13.1. The molecule has 0 aliphatic carbocycles. The quantitative estimate of drug-likeness (QED) is 0.112. The summed E-state index contributed by atoms with van der Waals surface area (Å²) in [5.74, 6) is -1.23. The number of hydrogen-bond acceptors (Lipinski definition) is 8. The fraction of sp³-hybridized carbons (Fsp3) is 0.395. The average molecular weight is 753 g/mol. The summed E-state index contributed by atoms with van der Waals surface area (Å²) >= 11 is 12.9. The largest absolute Gasteiger partial charge is 0.494 e. The number of carbonyl (C=O) groups excluding carboxylic acids is 3. The van der Waals surface area contributed by atoms with Crippen molar-refractivity contribution in [2.75, 3.05) is 7.11 Å². The molecule has 1 saturated heterocycles. The van der Waals surface area contributed by atoms with Crippen molar-refractivity contribution in [3.8, 4) is 5.75 Å². The summed E-state index contributed by atoms with van der Waals surface area (Å²) in [5, 5.41) is 6.54. The average Bonchev–Trinajstić information content (AvgIpc) is 3.56. The molecule has 2 amide bonds. The van der Waals surface area contributed by atoms with Gasteiger partial charge in [0.25, 0.3) is 0 Å². The van der Waals surface area contributed by atoms with Gasteiger partial charge in [-0.1, -0.05) is 65.7 Å². The Morgan fingerprint density at radius 2 is 1.56 bits per heavy atom. The van der Waals surface area contributed by atoms with Gasteiger partial charge in [-0.05, 0) is 88.8 Å². The smallest absolute Gasteiger partial charge is 0.494 e. The van der Waals surface area contributed by atoms with E-state index in [2.05, 4.69) is 15.6 Å². The molecule has 0 bridgehead atoms. The molecule has 3 aromatic carbocycles. The highest BCUT2D eigenvalue weighted by Gasteiger charge is 2.51. The van der Waals surface area contributed by atoms with E-state index in [1.54, 1.807) is 27.0 Å². The number of nitrogens with one attached hydrogen (secondary N) is 3. The zero-order valence-corrected chi connectivity index (χ0v) is 32.0. The van der Waals surface area contributed by atoms with Crippen molar-refractivity contribution in [3.05, 3.63) is 93.6 Å². The first-order valence-electron chi connectivity index (χ1n) is 16.9. The molecule has 0 saturated carbocycles. The Morgan fingerprint density at radius 1 is 0.923 bits per heavy atom. The maximum atomic E-state index is 14.2. The lowest BCUT2D eigenvalue weighted by molar-refractivity contribution is -0.159. The molecule has 1 aliphatic rings. The Balaban J connectivity index is 1.44. The molecular formula is C38H44BCl2N3O8. The number of ether oxygens (including phenoxy) is 3. The second-order valence-electron chi connectivity index (χ2n) is 14.7. The Kier molecular flexibility index (Phi) is 11.5. The first kappa shape index (κ1) is 39.0. The number of carbonyl (C=O) groups is 3. The number of alkyl carbamates (subject to hydrolysis) is 1. The van der Waals surface area contributed by atoms with Crippen LogP contribution in [0.4, 0.5) is 4.79 Å². The Labute approximate surface area is 314 Å². The van der Waals surface area contributed by atoms with Gasteiger partial charge in [-0.15, -0.1) is 0 Å². The van der Waals surface area contributed by atoms with Crippen molar-refractivity contribution < 1.29 is 37.9 Å². The van der Waals surface area contributed by atoms with Gasteiger partial charge >= 0.3 is 19.2 Å². The monoisotopic (exact) mass is 751 g/mol. The maximum absolute atomic E-state index is 14.2. The molecule has 1 fully saturated rings. The summed E-state index contributed by atoms with van der Waals surface area (Å²) in [5.41, 5.74) is 1.46. The van der Waals surface area contributed by atoms with Crippen molar-refractivity contribution in [1.29, 1.82) is 0 Å². The highest BCUT2D eigenvalue weighted by atomic mass is 35.5. The van der Waals surface area contributed by atoms with E-state index in [9.17, 15) is 14.4 Å². The van der Waals surface area contributed by atoms with Crippen LogP contribution in [0.2, 0.25) is 10.0 Å². The van der Waals surface area contributed by atoms with Gasteiger partial charge in [-0.3, -0.25) is 4.79 Å². The SMILES string of the molecule is COc1c(Cl)cc([C@@H](NC(=O)[C@@H](Cc2c[nH]c3cc(B4OC(C)(C)C(C)(C)O4)ccc23)NC(=O)OCc2ccccc2)C(=O)OC(C)(C)C)cc1Cl. The van der Waals surface area contributed by atoms with E-state index in [-0.39, 0.29) is 34.4 Å². The van der Waals surface area contributed by atoms with Crippen molar-refractivity contribution >= 4 is 64.7 Å². The predicted octanol–water partition coefficient (Wildman–Crippen LogP) is 6.82. The van der Waals surface area contributed by atoms with E-state index in [1.165, 1.54) is 19.2 Å². The molecule has 276 valence electrons. The fourth-order valence-corrected chi connectivity index (χ4v) is 6.32. The molecule has 52 heavy (non-hydrogen) atoms. The van der Waals surface area contributed by atoms with Crippen LogP contribution in [0.3, 0.4) is 0 Å². The molecule has 0 unspecified atom stereocenters. The zero-order valence-electron chi connectivity index (χ0n) is 30.5. The van der Waals surface area contributed by atoms with E-state index in [1.807, 2.05) is 76.2 Å². The predicted molar refractivity (Wildman–Crippen MR) is 201 cm³/mol. The molecule has 5 rings (SSSR count). The zero-order chi connectivity index (χ0) is 38.0. The molecule has 3 N–H and O–H groups in total. The molecule has 11 nitrogen and oxygen atoms in total. The standard InChI is InChI=1S/C38H44BCl2N3O8/c1-36(2,3)50-34(46)31(23-16-27(40)32(48-8)28(41)17-23)44-33(45)30(43-35(47)49-21-22-12-10-9-11-13-22)18-24-20-42-29-19-25(14-15-26(24)29)39-51-37(4,5)38(6,7)52-39/h9-17,19-20,30-31,42H,18,21H2,1-8H3,(H,43,47)(H,44,45)/t30-,31-/m1/s1. The van der Waals surface area contributed by atoms with Crippen molar-refractivity contribution in [1.82, 2.24) is 15.6 Å². The van der Waals surface area contributed by atoms with Gasteiger partial charge < -0.3 is 39.1 Å². The van der Waals surface area contributed by atoms with E-state index < -0.39 is 54.0 Å². The van der Waals surface area contributed by atoms with Crippen LogP contribution in [0.15, 0.2) is 66.9 Å². The Hall–Kier alpha value is -4.23. The van der Waals surface area contributed by atoms with Crippen LogP contribution < -0.4 is 20.8 Å². The third-order valence-corrected chi connectivity index (χ3v) is 9.61. The molecular weight excluding hydrogens is 708 g/mol. The van der Waals surface area contributed by atoms with Crippen LogP contribution in [-0.4, -0.2) is 60.0 Å². The summed E-state index contributed by atoms with van der Waals surface area (Å²) in [7, 11) is 0.849. The fourth-order valence-electron chi connectivity index (χ4n) is 5.66. The molecule has 1 aromatic heterocycles. The molecule has 14 heteroatoms. The van der Waals surface area contributed by atoms with Crippen LogP contribution in [0.5, 0.6) is 5.75 Å². The number of fused-ring (bicyclic) bond motifs is 1. The van der Waals surface area contributed by atoms with Crippen LogP contribution in [0.25, 0.3) is 10.9 Å². The van der Waals surface area contributed by atoms with Gasteiger partial charge in [0.2, 0.25) is 5.91 Å². The first-order valence-corrected chi connectivity index (χ1v) is 17.6. The van der Waals surface area contributed by atoms with Gasteiger partial charge in [-0.25, -0.2) is 9.59 Å². The van der Waals surface area contributed by atoms with E-state index >= 15 is 0 Å². The highest BCUT2D eigenvalue weighted by Crippen LogP contribution is 2.38. The molecule has 0 spiro atoms. The summed E-state index contributed by atoms with van der Waals surface area (Å²) in [4.78, 5) is 44.2. The van der Waals surface area contributed by atoms with Crippen LogP contribution >= 0.6 is 23.2 Å². The maximum Gasteiger partial charge on any atom is 0.494 e. The van der Waals surface area contributed by atoms with Crippen LogP contribution in [0.1, 0.15) is 71.2 Å². The number of rotatable bonds is 11. The number of aromatic amines is 1. The molecule has 1 aliphatic heterocycles. The number of benzene rings is 3. The van der Waals surface area contributed by atoms with Crippen molar-refractivity contribution in [3.63, 3.8) is 0 Å². The van der Waals surface area contributed by atoms with E-state index in [0.717, 1.165) is 27.5 Å². The van der Waals surface area contributed by atoms with Gasteiger partial charge in [0.15, 0.2) is 11.8 Å². The lowest BCUT2D eigenvalue weighted by Crippen LogP contribution is -2.50. The lowest BCUT2D eigenvalue weighted by atomic mass is 9.78. The number of esters is 1. The number of H-pyrrole nitrogens is 1.